The van der Waals surface area contributed by atoms with Gasteiger partial charge in [-0.25, -0.2) is 0 Å². The third kappa shape index (κ3) is 6.97. The Balaban J connectivity index is 2.32. The summed E-state index contributed by atoms with van der Waals surface area (Å²) in [7, 11) is 0. The SMILES string of the molecule is CC(C)Cc1ccc(CNCC(=O)NC(C)C)cc1. The van der Waals surface area contributed by atoms with Crippen molar-refractivity contribution >= 4 is 5.91 Å². The zero-order chi connectivity index (χ0) is 14.3. The van der Waals surface area contributed by atoms with Gasteiger partial charge in [0.2, 0.25) is 5.91 Å². The van der Waals surface area contributed by atoms with E-state index in [0.29, 0.717) is 12.5 Å². The number of rotatable bonds is 7. The molecule has 0 aliphatic rings. The van der Waals surface area contributed by atoms with Crippen LogP contribution in [0.15, 0.2) is 24.3 Å². The maximum Gasteiger partial charge on any atom is 0.234 e. The van der Waals surface area contributed by atoms with E-state index in [2.05, 4.69) is 48.7 Å². The molecule has 0 saturated heterocycles. The van der Waals surface area contributed by atoms with Crippen molar-refractivity contribution in [1.29, 1.82) is 0 Å². The molecule has 1 amide bonds. The second-order valence-electron chi connectivity index (χ2n) is 5.74. The second kappa shape index (κ2) is 7.95. The molecule has 19 heavy (non-hydrogen) atoms. The molecule has 0 saturated carbocycles. The average molecular weight is 262 g/mol. The third-order valence-corrected chi connectivity index (χ3v) is 2.73. The van der Waals surface area contributed by atoms with Gasteiger partial charge in [0.1, 0.15) is 0 Å². The minimum absolute atomic E-state index is 0.0476. The Labute approximate surface area is 116 Å². The van der Waals surface area contributed by atoms with Gasteiger partial charge in [0.05, 0.1) is 6.54 Å². The molecule has 1 aromatic rings. The molecular weight excluding hydrogens is 236 g/mol. The molecule has 2 N–H and O–H groups in total. The fraction of sp³-hybridized carbons (Fsp3) is 0.562. The Kier molecular flexibility index (Phi) is 6.57. The quantitative estimate of drug-likeness (QED) is 0.792. The molecule has 0 unspecified atom stereocenters. The molecule has 3 heteroatoms. The molecule has 0 bridgehead atoms. The van der Waals surface area contributed by atoms with Gasteiger partial charge in [0, 0.05) is 12.6 Å². The Morgan fingerprint density at radius 3 is 2.16 bits per heavy atom. The lowest BCUT2D eigenvalue weighted by atomic mass is 10.0. The number of benzene rings is 1. The summed E-state index contributed by atoms with van der Waals surface area (Å²) in [5, 5.41) is 6.01. The van der Waals surface area contributed by atoms with E-state index in [0.717, 1.165) is 13.0 Å². The molecule has 1 rings (SSSR count). The minimum Gasteiger partial charge on any atom is -0.353 e. The largest absolute Gasteiger partial charge is 0.353 e. The van der Waals surface area contributed by atoms with E-state index in [1.54, 1.807) is 0 Å². The lowest BCUT2D eigenvalue weighted by Gasteiger charge is -2.10. The van der Waals surface area contributed by atoms with Crippen molar-refractivity contribution in [2.45, 2.75) is 46.7 Å². The molecular formula is C16H26N2O. The fourth-order valence-electron chi connectivity index (χ4n) is 1.96. The molecule has 1 aromatic carbocycles. The predicted molar refractivity (Wildman–Crippen MR) is 80.0 cm³/mol. The summed E-state index contributed by atoms with van der Waals surface area (Å²) in [6.45, 7) is 9.47. The molecule has 106 valence electrons. The molecule has 0 radical (unpaired) electrons. The fourth-order valence-corrected chi connectivity index (χ4v) is 1.96. The first-order valence-electron chi connectivity index (χ1n) is 7.05. The van der Waals surface area contributed by atoms with Crippen LogP contribution in [0.5, 0.6) is 0 Å². The van der Waals surface area contributed by atoms with E-state index in [-0.39, 0.29) is 11.9 Å². The molecule has 0 spiro atoms. The summed E-state index contributed by atoms with van der Waals surface area (Å²) in [5.74, 6) is 0.732. The van der Waals surface area contributed by atoms with E-state index in [1.807, 2.05) is 13.8 Å². The zero-order valence-corrected chi connectivity index (χ0v) is 12.5. The zero-order valence-electron chi connectivity index (χ0n) is 12.5. The van der Waals surface area contributed by atoms with Crippen molar-refractivity contribution in [3.63, 3.8) is 0 Å². The van der Waals surface area contributed by atoms with Crippen LogP contribution in [0.25, 0.3) is 0 Å². The molecule has 0 aliphatic heterocycles. The van der Waals surface area contributed by atoms with Gasteiger partial charge in [-0.3, -0.25) is 4.79 Å². The van der Waals surface area contributed by atoms with Crippen molar-refractivity contribution in [2.75, 3.05) is 6.54 Å². The third-order valence-electron chi connectivity index (χ3n) is 2.73. The normalized spacial score (nSPS) is 11.1. The summed E-state index contributed by atoms with van der Waals surface area (Å²) < 4.78 is 0. The van der Waals surface area contributed by atoms with Gasteiger partial charge < -0.3 is 10.6 Å². The number of hydrogen-bond donors (Lipinski definition) is 2. The van der Waals surface area contributed by atoms with Gasteiger partial charge in [-0.2, -0.15) is 0 Å². The maximum absolute atomic E-state index is 11.4. The van der Waals surface area contributed by atoms with Crippen molar-refractivity contribution < 1.29 is 4.79 Å². The Bertz CT molecular complexity index is 382. The summed E-state index contributed by atoms with van der Waals surface area (Å²) in [6, 6.07) is 8.80. The molecule has 0 atom stereocenters. The summed E-state index contributed by atoms with van der Waals surface area (Å²) >= 11 is 0. The highest BCUT2D eigenvalue weighted by atomic mass is 16.1. The number of nitrogens with one attached hydrogen (secondary N) is 2. The highest BCUT2D eigenvalue weighted by Crippen LogP contribution is 2.09. The highest BCUT2D eigenvalue weighted by Gasteiger charge is 2.02. The summed E-state index contributed by atoms with van der Waals surface area (Å²) in [5.41, 5.74) is 2.58. The molecule has 0 aliphatic carbocycles. The number of amides is 1. The Morgan fingerprint density at radius 2 is 1.63 bits per heavy atom. The van der Waals surface area contributed by atoms with Gasteiger partial charge in [0.25, 0.3) is 0 Å². The molecule has 0 heterocycles. The maximum atomic E-state index is 11.4. The van der Waals surface area contributed by atoms with Gasteiger partial charge in [-0.15, -0.1) is 0 Å². The number of carbonyl (C=O) groups excluding carboxylic acids is 1. The van der Waals surface area contributed by atoms with Crippen LogP contribution in [-0.2, 0) is 17.8 Å². The average Bonchev–Trinajstić information content (AvgIpc) is 2.29. The minimum atomic E-state index is 0.0476. The first kappa shape index (κ1) is 15.7. The van der Waals surface area contributed by atoms with Gasteiger partial charge in [-0.05, 0) is 37.3 Å². The van der Waals surface area contributed by atoms with Crippen LogP contribution in [0.1, 0.15) is 38.8 Å². The first-order chi connectivity index (χ1) is 8.97. The topological polar surface area (TPSA) is 41.1 Å². The molecule has 0 fully saturated rings. The standard InChI is InChI=1S/C16H26N2O/c1-12(2)9-14-5-7-15(8-6-14)10-17-11-16(19)18-13(3)4/h5-8,12-13,17H,9-11H2,1-4H3,(H,18,19). The lowest BCUT2D eigenvalue weighted by Crippen LogP contribution is -2.37. The smallest absolute Gasteiger partial charge is 0.234 e. The number of carbonyl (C=O) groups is 1. The van der Waals surface area contributed by atoms with Crippen LogP contribution >= 0.6 is 0 Å². The highest BCUT2D eigenvalue weighted by molar-refractivity contribution is 5.78. The van der Waals surface area contributed by atoms with Crippen LogP contribution in [0.2, 0.25) is 0 Å². The van der Waals surface area contributed by atoms with Crippen molar-refractivity contribution in [2.24, 2.45) is 5.92 Å². The predicted octanol–water partition coefficient (Wildman–Crippen LogP) is 2.50. The van der Waals surface area contributed by atoms with E-state index in [9.17, 15) is 4.79 Å². The Morgan fingerprint density at radius 1 is 1.05 bits per heavy atom. The first-order valence-corrected chi connectivity index (χ1v) is 7.05. The van der Waals surface area contributed by atoms with Gasteiger partial charge in [-0.1, -0.05) is 38.1 Å². The Hall–Kier alpha value is -1.35. The molecule has 3 nitrogen and oxygen atoms in total. The summed E-state index contributed by atoms with van der Waals surface area (Å²) in [6.07, 6.45) is 1.12. The van der Waals surface area contributed by atoms with E-state index in [1.165, 1.54) is 11.1 Å². The van der Waals surface area contributed by atoms with Crippen molar-refractivity contribution in [1.82, 2.24) is 10.6 Å². The van der Waals surface area contributed by atoms with Crippen LogP contribution in [0.4, 0.5) is 0 Å². The van der Waals surface area contributed by atoms with E-state index >= 15 is 0 Å². The molecule has 0 aromatic heterocycles. The summed E-state index contributed by atoms with van der Waals surface area (Å²) in [4.78, 5) is 11.4. The van der Waals surface area contributed by atoms with Crippen molar-refractivity contribution in [3.05, 3.63) is 35.4 Å². The van der Waals surface area contributed by atoms with Crippen LogP contribution in [-0.4, -0.2) is 18.5 Å². The second-order valence-corrected chi connectivity index (χ2v) is 5.74. The monoisotopic (exact) mass is 262 g/mol. The number of hydrogen-bond acceptors (Lipinski definition) is 2. The van der Waals surface area contributed by atoms with Crippen molar-refractivity contribution in [3.8, 4) is 0 Å². The lowest BCUT2D eigenvalue weighted by molar-refractivity contribution is -0.120. The van der Waals surface area contributed by atoms with E-state index < -0.39 is 0 Å². The van der Waals surface area contributed by atoms with Crippen LogP contribution in [0, 0.1) is 5.92 Å². The van der Waals surface area contributed by atoms with Crippen LogP contribution < -0.4 is 10.6 Å². The van der Waals surface area contributed by atoms with E-state index in [4.69, 9.17) is 0 Å². The van der Waals surface area contributed by atoms with Crippen LogP contribution in [0.3, 0.4) is 0 Å². The van der Waals surface area contributed by atoms with Gasteiger partial charge >= 0.3 is 0 Å². The van der Waals surface area contributed by atoms with Gasteiger partial charge in [0.15, 0.2) is 0 Å².